The van der Waals surface area contributed by atoms with Crippen molar-refractivity contribution in [1.29, 1.82) is 0 Å². The molecule has 0 saturated heterocycles. The minimum absolute atomic E-state index is 0.0105. The van der Waals surface area contributed by atoms with Crippen LogP contribution in [0.2, 0.25) is 0 Å². The maximum atomic E-state index is 12.1. The molecule has 1 aliphatic rings. The number of amides is 2. The molecule has 0 fully saturated rings. The highest BCUT2D eigenvalue weighted by atomic mass is 16.5. The van der Waals surface area contributed by atoms with Crippen molar-refractivity contribution in [3.63, 3.8) is 0 Å². The summed E-state index contributed by atoms with van der Waals surface area (Å²) >= 11 is 0. The predicted octanol–water partition coefficient (Wildman–Crippen LogP) is 2.53. The van der Waals surface area contributed by atoms with Crippen molar-refractivity contribution in [2.75, 3.05) is 18.5 Å². The van der Waals surface area contributed by atoms with Gasteiger partial charge in [0.25, 0.3) is 5.91 Å². The first kappa shape index (κ1) is 17.8. The molecule has 1 aliphatic heterocycles. The van der Waals surface area contributed by atoms with E-state index in [2.05, 4.69) is 10.6 Å². The van der Waals surface area contributed by atoms with Crippen molar-refractivity contribution >= 4 is 17.5 Å². The third kappa shape index (κ3) is 4.53. The fourth-order valence-electron chi connectivity index (χ4n) is 2.73. The number of ether oxygens (including phenoxy) is 2. The SMILES string of the molecule is CCOc1ccc(CCNC(=O)C[C@@H]2Oc3ccccc3NC2=O)cc1. The van der Waals surface area contributed by atoms with Crippen LogP contribution in [0.15, 0.2) is 48.5 Å². The number of para-hydroxylation sites is 2. The normalized spacial score (nSPS) is 15.4. The van der Waals surface area contributed by atoms with Gasteiger partial charge in [0.1, 0.15) is 11.5 Å². The van der Waals surface area contributed by atoms with E-state index in [1.165, 1.54) is 0 Å². The maximum absolute atomic E-state index is 12.1. The summed E-state index contributed by atoms with van der Waals surface area (Å²) in [5.74, 6) is 0.904. The fourth-order valence-corrected chi connectivity index (χ4v) is 2.73. The van der Waals surface area contributed by atoms with E-state index >= 15 is 0 Å². The van der Waals surface area contributed by atoms with Gasteiger partial charge in [-0.15, -0.1) is 0 Å². The molecule has 2 amide bonds. The van der Waals surface area contributed by atoms with Gasteiger partial charge in [-0.25, -0.2) is 0 Å². The Hall–Kier alpha value is -3.02. The largest absolute Gasteiger partial charge is 0.494 e. The average Bonchev–Trinajstić information content (AvgIpc) is 2.64. The molecule has 6 nitrogen and oxygen atoms in total. The van der Waals surface area contributed by atoms with E-state index in [4.69, 9.17) is 9.47 Å². The Morgan fingerprint density at radius 2 is 1.96 bits per heavy atom. The standard InChI is InChI=1S/C20H22N2O4/c1-2-25-15-9-7-14(8-10-15)11-12-21-19(23)13-18-20(24)22-16-5-3-4-6-17(16)26-18/h3-10,18H,2,11-13H2,1H3,(H,21,23)(H,22,24)/t18-/m0/s1. The lowest BCUT2D eigenvalue weighted by Crippen LogP contribution is -2.41. The van der Waals surface area contributed by atoms with Crippen LogP contribution >= 0.6 is 0 Å². The van der Waals surface area contributed by atoms with Crippen LogP contribution < -0.4 is 20.1 Å². The quantitative estimate of drug-likeness (QED) is 0.801. The van der Waals surface area contributed by atoms with Gasteiger partial charge < -0.3 is 20.1 Å². The Morgan fingerprint density at radius 1 is 1.19 bits per heavy atom. The second kappa shape index (κ2) is 8.38. The van der Waals surface area contributed by atoms with Crippen molar-refractivity contribution < 1.29 is 19.1 Å². The highest BCUT2D eigenvalue weighted by molar-refractivity contribution is 5.99. The summed E-state index contributed by atoms with van der Waals surface area (Å²) in [6.07, 6.45) is -0.113. The zero-order chi connectivity index (χ0) is 18.4. The number of anilines is 1. The van der Waals surface area contributed by atoms with Gasteiger partial charge in [0, 0.05) is 6.54 Å². The third-order valence-corrected chi connectivity index (χ3v) is 4.05. The number of hydrogen-bond donors (Lipinski definition) is 2. The van der Waals surface area contributed by atoms with Crippen molar-refractivity contribution in [3.8, 4) is 11.5 Å². The second-order valence-corrected chi connectivity index (χ2v) is 5.97. The number of fused-ring (bicyclic) bond motifs is 1. The van der Waals surface area contributed by atoms with Crippen LogP contribution in [0.1, 0.15) is 18.9 Å². The van der Waals surface area contributed by atoms with Gasteiger partial charge in [0.15, 0.2) is 6.10 Å². The van der Waals surface area contributed by atoms with Crippen LogP contribution in [0.4, 0.5) is 5.69 Å². The molecule has 1 heterocycles. The van der Waals surface area contributed by atoms with Crippen molar-refractivity contribution in [3.05, 3.63) is 54.1 Å². The monoisotopic (exact) mass is 354 g/mol. The second-order valence-electron chi connectivity index (χ2n) is 5.97. The number of benzene rings is 2. The van der Waals surface area contributed by atoms with E-state index in [1.807, 2.05) is 43.3 Å². The Balaban J connectivity index is 1.45. The summed E-state index contributed by atoms with van der Waals surface area (Å²) in [4.78, 5) is 24.2. The van der Waals surface area contributed by atoms with Crippen LogP contribution in [0.25, 0.3) is 0 Å². The first-order valence-electron chi connectivity index (χ1n) is 8.70. The lowest BCUT2D eigenvalue weighted by molar-refractivity contribution is -0.130. The van der Waals surface area contributed by atoms with E-state index in [9.17, 15) is 9.59 Å². The number of carbonyl (C=O) groups is 2. The first-order chi connectivity index (χ1) is 12.7. The van der Waals surface area contributed by atoms with Gasteiger partial charge >= 0.3 is 0 Å². The smallest absolute Gasteiger partial charge is 0.266 e. The summed E-state index contributed by atoms with van der Waals surface area (Å²) in [7, 11) is 0. The Bertz CT molecular complexity index is 774. The van der Waals surface area contributed by atoms with Gasteiger partial charge in [-0.1, -0.05) is 24.3 Å². The molecule has 2 aromatic rings. The predicted molar refractivity (Wildman–Crippen MR) is 98.4 cm³/mol. The minimum atomic E-state index is -0.810. The van der Waals surface area contributed by atoms with Gasteiger partial charge in [0.2, 0.25) is 5.91 Å². The molecule has 0 aliphatic carbocycles. The molecular weight excluding hydrogens is 332 g/mol. The lowest BCUT2D eigenvalue weighted by Gasteiger charge is -2.25. The van der Waals surface area contributed by atoms with E-state index in [0.29, 0.717) is 31.0 Å². The molecule has 3 rings (SSSR count). The van der Waals surface area contributed by atoms with Gasteiger partial charge in [-0.05, 0) is 43.2 Å². The van der Waals surface area contributed by atoms with Gasteiger partial charge in [0.05, 0.1) is 18.7 Å². The number of nitrogens with one attached hydrogen (secondary N) is 2. The molecule has 0 aromatic heterocycles. The molecule has 0 unspecified atom stereocenters. The topological polar surface area (TPSA) is 76.7 Å². The fraction of sp³-hybridized carbons (Fsp3) is 0.300. The number of hydrogen-bond acceptors (Lipinski definition) is 4. The minimum Gasteiger partial charge on any atom is -0.494 e. The van der Waals surface area contributed by atoms with E-state index < -0.39 is 6.10 Å². The van der Waals surface area contributed by atoms with Crippen molar-refractivity contribution in [2.24, 2.45) is 0 Å². The molecular formula is C20H22N2O4. The highest BCUT2D eigenvalue weighted by Gasteiger charge is 2.29. The molecule has 1 atom stereocenters. The van der Waals surface area contributed by atoms with E-state index in [0.717, 1.165) is 11.3 Å². The number of carbonyl (C=O) groups excluding carboxylic acids is 2. The Morgan fingerprint density at radius 3 is 2.73 bits per heavy atom. The van der Waals surface area contributed by atoms with Crippen LogP contribution in [0, 0.1) is 0 Å². The summed E-state index contributed by atoms with van der Waals surface area (Å²) in [6, 6.07) is 15.0. The van der Waals surface area contributed by atoms with Crippen LogP contribution in [0.3, 0.4) is 0 Å². The summed E-state index contributed by atoms with van der Waals surface area (Å²) < 4.78 is 11.0. The highest BCUT2D eigenvalue weighted by Crippen LogP contribution is 2.29. The molecule has 6 heteroatoms. The van der Waals surface area contributed by atoms with Crippen molar-refractivity contribution in [1.82, 2.24) is 5.32 Å². The zero-order valence-corrected chi connectivity index (χ0v) is 14.7. The molecule has 26 heavy (non-hydrogen) atoms. The third-order valence-electron chi connectivity index (χ3n) is 4.05. The maximum Gasteiger partial charge on any atom is 0.266 e. The Kier molecular flexibility index (Phi) is 5.73. The van der Waals surface area contributed by atoms with Crippen LogP contribution in [-0.2, 0) is 16.0 Å². The summed E-state index contributed by atoms with van der Waals surface area (Å²) in [6.45, 7) is 3.08. The van der Waals surface area contributed by atoms with Gasteiger partial charge in [-0.2, -0.15) is 0 Å². The molecule has 2 N–H and O–H groups in total. The molecule has 0 radical (unpaired) electrons. The lowest BCUT2D eigenvalue weighted by atomic mass is 10.1. The van der Waals surface area contributed by atoms with Crippen LogP contribution in [0.5, 0.6) is 11.5 Å². The zero-order valence-electron chi connectivity index (χ0n) is 14.7. The molecule has 0 spiro atoms. The first-order valence-corrected chi connectivity index (χ1v) is 8.70. The molecule has 0 bridgehead atoms. The van der Waals surface area contributed by atoms with Crippen molar-refractivity contribution in [2.45, 2.75) is 25.9 Å². The number of rotatable bonds is 7. The summed E-state index contributed by atoms with van der Waals surface area (Å²) in [5, 5.41) is 5.59. The Labute approximate surface area is 152 Å². The summed E-state index contributed by atoms with van der Waals surface area (Å²) in [5.41, 5.74) is 1.74. The van der Waals surface area contributed by atoms with Gasteiger partial charge in [-0.3, -0.25) is 9.59 Å². The van der Waals surface area contributed by atoms with E-state index in [-0.39, 0.29) is 18.2 Å². The van der Waals surface area contributed by atoms with Crippen LogP contribution in [-0.4, -0.2) is 31.1 Å². The molecule has 2 aromatic carbocycles. The van der Waals surface area contributed by atoms with E-state index in [1.54, 1.807) is 12.1 Å². The average molecular weight is 354 g/mol. The molecule has 0 saturated carbocycles. The molecule has 136 valence electrons.